The number of aryl methyl sites for hydroxylation is 2. The van der Waals surface area contributed by atoms with Crippen LogP contribution >= 0.6 is 0 Å². The van der Waals surface area contributed by atoms with E-state index in [0.29, 0.717) is 25.2 Å². The van der Waals surface area contributed by atoms with Gasteiger partial charge in [-0.25, -0.2) is 4.68 Å². The summed E-state index contributed by atoms with van der Waals surface area (Å²) in [6, 6.07) is 6.11. The molecule has 0 fully saturated rings. The average molecular weight is 284 g/mol. The second kappa shape index (κ2) is 6.75. The number of nitriles is 1. The van der Waals surface area contributed by atoms with Crippen molar-refractivity contribution in [3.05, 3.63) is 35.8 Å². The normalized spacial score (nSPS) is 10.3. The first-order chi connectivity index (χ1) is 10.2. The first-order valence-corrected chi connectivity index (χ1v) is 7.01. The highest BCUT2D eigenvalue weighted by Crippen LogP contribution is 2.28. The number of aromatic nitrogens is 3. The summed E-state index contributed by atoms with van der Waals surface area (Å²) in [6.45, 7) is 5.94. The van der Waals surface area contributed by atoms with E-state index in [-0.39, 0.29) is 0 Å². The number of pyridine rings is 1. The van der Waals surface area contributed by atoms with E-state index in [2.05, 4.69) is 21.1 Å². The lowest BCUT2D eigenvalue weighted by Gasteiger charge is -2.25. The molecule has 0 aromatic carbocycles. The van der Waals surface area contributed by atoms with Crippen molar-refractivity contribution in [3.8, 4) is 6.07 Å². The molecule has 0 saturated carbocycles. The van der Waals surface area contributed by atoms with Gasteiger partial charge in [0, 0.05) is 32.0 Å². The van der Waals surface area contributed by atoms with Crippen LogP contribution in [0.25, 0.3) is 0 Å². The zero-order valence-corrected chi connectivity index (χ0v) is 12.5. The molecule has 0 aliphatic heterocycles. The zero-order valence-electron chi connectivity index (χ0n) is 12.5. The third kappa shape index (κ3) is 3.31. The van der Waals surface area contributed by atoms with E-state index in [1.807, 2.05) is 36.9 Å². The highest BCUT2D eigenvalue weighted by molar-refractivity contribution is 5.66. The lowest BCUT2D eigenvalue weighted by Crippen LogP contribution is -2.27. The molecule has 2 aromatic heterocycles. The molecule has 0 aliphatic carbocycles. The maximum Gasteiger partial charge on any atom is 0.150 e. The van der Waals surface area contributed by atoms with Gasteiger partial charge in [0.1, 0.15) is 0 Å². The number of nitrogens with two attached hydrogens (primary N) is 1. The van der Waals surface area contributed by atoms with Gasteiger partial charge in [0.15, 0.2) is 5.82 Å². The largest absolute Gasteiger partial charge is 0.394 e. The zero-order chi connectivity index (χ0) is 15.2. The van der Waals surface area contributed by atoms with Crippen LogP contribution < -0.4 is 10.6 Å². The summed E-state index contributed by atoms with van der Waals surface area (Å²) >= 11 is 0. The quantitative estimate of drug-likeness (QED) is 0.878. The molecule has 0 unspecified atom stereocenters. The molecule has 2 heterocycles. The molecule has 0 amide bonds. The van der Waals surface area contributed by atoms with E-state index in [1.54, 1.807) is 6.20 Å². The number of nitrogens with zero attached hydrogens (tertiary/aromatic N) is 5. The van der Waals surface area contributed by atoms with Crippen LogP contribution in [-0.2, 0) is 13.1 Å². The Hall–Kier alpha value is -2.55. The first kappa shape index (κ1) is 14.9. The van der Waals surface area contributed by atoms with Crippen LogP contribution in [0.5, 0.6) is 0 Å². The van der Waals surface area contributed by atoms with Crippen LogP contribution in [0, 0.1) is 18.3 Å². The Labute approximate surface area is 124 Å². The van der Waals surface area contributed by atoms with E-state index in [9.17, 15) is 0 Å². The number of anilines is 2. The smallest absolute Gasteiger partial charge is 0.150 e. The summed E-state index contributed by atoms with van der Waals surface area (Å²) in [5.74, 6) is 0.883. The first-order valence-electron chi connectivity index (χ1n) is 7.01. The molecule has 0 saturated heterocycles. The molecule has 21 heavy (non-hydrogen) atoms. The van der Waals surface area contributed by atoms with E-state index in [4.69, 9.17) is 11.0 Å². The van der Waals surface area contributed by atoms with Crippen molar-refractivity contribution in [3.63, 3.8) is 0 Å². The van der Waals surface area contributed by atoms with Crippen LogP contribution in [-0.4, -0.2) is 21.3 Å². The molecule has 110 valence electrons. The minimum Gasteiger partial charge on any atom is -0.394 e. The fourth-order valence-electron chi connectivity index (χ4n) is 2.29. The third-order valence-electron chi connectivity index (χ3n) is 3.33. The topological polar surface area (TPSA) is 83.8 Å². The maximum absolute atomic E-state index is 8.89. The second-order valence-corrected chi connectivity index (χ2v) is 4.83. The van der Waals surface area contributed by atoms with Gasteiger partial charge in [-0.15, -0.1) is 0 Å². The number of hydrogen-bond acceptors (Lipinski definition) is 5. The molecule has 0 aliphatic rings. The van der Waals surface area contributed by atoms with Crippen molar-refractivity contribution >= 4 is 11.5 Å². The number of nitrogen functional groups attached to an aromatic ring is 1. The minimum atomic E-state index is 0.438. The standard InChI is InChI=1S/C15H20N6/c1-3-21-15(14(17)12(2)19-21)20(9-5-7-16)11-13-6-4-8-18-10-13/h4,6,8,10H,3,5,9,11,17H2,1-2H3. The Morgan fingerprint density at radius 1 is 1.48 bits per heavy atom. The SMILES string of the molecule is CCn1nc(C)c(N)c1N(CCC#N)Cc1cccnc1. The van der Waals surface area contributed by atoms with Gasteiger partial charge in [-0.05, 0) is 25.5 Å². The summed E-state index contributed by atoms with van der Waals surface area (Å²) in [6.07, 6.45) is 4.01. The third-order valence-corrected chi connectivity index (χ3v) is 3.33. The van der Waals surface area contributed by atoms with Gasteiger partial charge in [0.05, 0.1) is 23.9 Å². The van der Waals surface area contributed by atoms with Crippen LogP contribution in [0.4, 0.5) is 11.5 Å². The number of hydrogen-bond donors (Lipinski definition) is 1. The highest BCUT2D eigenvalue weighted by atomic mass is 15.4. The average Bonchev–Trinajstić information content (AvgIpc) is 2.80. The molecular weight excluding hydrogens is 264 g/mol. The predicted octanol–water partition coefficient (Wildman–Crippen LogP) is 2.11. The van der Waals surface area contributed by atoms with E-state index < -0.39 is 0 Å². The van der Waals surface area contributed by atoms with Crippen molar-refractivity contribution in [2.45, 2.75) is 33.4 Å². The van der Waals surface area contributed by atoms with E-state index in [0.717, 1.165) is 23.6 Å². The van der Waals surface area contributed by atoms with Gasteiger partial charge < -0.3 is 10.6 Å². The fourth-order valence-corrected chi connectivity index (χ4v) is 2.29. The molecule has 0 bridgehead atoms. The molecule has 0 radical (unpaired) electrons. The number of rotatable bonds is 6. The molecule has 6 nitrogen and oxygen atoms in total. The summed E-state index contributed by atoms with van der Waals surface area (Å²) in [5, 5.41) is 13.3. The molecular formula is C15H20N6. The highest BCUT2D eigenvalue weighted by Gasteiger charge is 2.18. The van der Waals surface area contributed by atoms with Crippen LogP contribution in [0.3, 0.4) is 0 Å². The van der Waals surface area contributed by atoms with Gasteiger partial charge >= 0.3 is 0 Å². The second-order valence-electron chi connectivity index (χ2n) is 4.83. The molecule has 6 heteroatoms. The Morgan fingerprint density at radius 3 is 2.90 bits per heavy atom. The van der Waals surface area contributed by atoms with Crippen LogP contribution in [0.2, 0.25) is 0 Å². The van der Waals surface area contributed by atoms with Gasteiger partial charge in [-0.2, -0.15) is 10.4 Å². The Balaban J connectivity index is 2.34. The maximum atomic E-state index is 8.89. The van der Waals surface area contributed by atoms with E-state index >= 15 is 0 Å². The summed E-state index contributed by atoms with van der Waals surface area (Å²) in [4.78, 5) is 6.23. The fraction of sp³-hybridized carbons (Fsp3) is 0.400. The van der Waals surface area contributed by atoms with E-state index in [1.165, 1.54) is 0 Å². The van der Waals surface area contributed by atoms with Gasteiger partial charge in [-0.1, -0.05) is 6.07 Å². The van der Waals surface area contributed by atoms with Crippen LogP contribution in [0.15, 0.2) is 24.5 Å². The van der Waals surface area contributed by atoms with Gasteiger partial charge in [-0.3, -0.25) is 4.98 Å². The van der Waals surface area contributed by atoms with Crippen molar-refractivity contribution in [1.29, 1.82) is 5.26 Å². The summed E-state index contributed by atoms with van der Waals surface area (Å²) in [5.41, 5.74) is 8.76. The molecule has 2 aromatic rings. The molecule has 0 spiro atoms. The molecule has 0 atom stereocenters. The van der Waals surface area contributed by atoms with Gasteiger partial charge in [0.2, 0.25) is 0 Å². The molecule has 2 N–H and O–H groups in total. The van der Waals surface area contributed by atoms with Crippen molar-refractivity contribution in [2.24, 2.45) is 0 Å². The Morgan fingerprint density at radius 2 is 2.29 bits per heavy atom. The lowest BCUT2D eigenvalue weighted by molar-refractivity contribution is 0.627. The summed E-state index contributed by atoms with van der Waals surface area (Å²) < 4.78 is 1.89. The predicted molar refractivity (Wildman–Crippen MR) is 82.6 cm³/mol. The van der Waals surface area contributed by atoms with Gasteiger partial charge in [0.25, 0.3) is 0 Å². The monoisotopic (exact) mass is 284 g/mol. The van der Waals surface area contributed by atoms with Crippen molar-refractivity contribution in [1.82, 2.24) is 14.8 Å². The van der Waals surface area contributed by atoms with Crippen molar-refractivity contribution < 1.29 is 0 Å². The minimum absolute atomic E-state index is 0.438. The molecule has 2 rings (SSSR count). The van der Waals surface area contributed by atoms with Crippen LogP contribution in [0.1, 0.15) is 24.6 Å². The van der Waals surface area contributed by atoms with Crippen molar-refractivity contribution in [2.75, 3.05) is 17.2 Å². The summed E-state index contributed by atoms with van der Waals surface area (Å²) in [7, 11) is 0. The Bertz CT molecular complexity index is 626. The lowest BCUT2D eigenvalue weighted by atomic mass is 10.2. The Kier molecular flexibility index (Phi) is 4.77.